The number of hydrogen-bond acceptors (Lipinski definition) is 1. The van der Waals surface area contributed by atoms with E-state index in [2.05, 4.69) is 115 Å². The van der Waals surface area contributed by atoms with Gasteiger partial charge in [-0.15, -0.1) is 0 Å². The van der Waals surface area contributed by atoms with Crippen LogP contribution in [0.25, 0.3) is 65.5 Å². The SMILES string of the molecule is c1ccc(-c2c3ccccc3c(-c3coc4c3ccc3ccccc34)c3ccccc23)cc1. The highest BCUT2D eigenvalue weighted by Gasteiger charge is 2.19. The second-order valence-corrected chi connectivity index (χ2v) is 8.52. The lowest BCUT2D eigenvalue weighted by Gasteiger charge is -2.17. The van der Waals surface area contributed by atoms with Crippen molar-refractivity contribution in [2.45, 2.75) is 0 Å². The highest BCUT2D eigenvalue weighted by Crippen LogP contribution is 2.46. The van der Waals surface area contributed by atoms with E-state index >= 15 is 0 Å². The minimum absolute atomic E-state index is 0.948. The molecule has 6 aromatic carbocycles. The van der Waals surface area contributed by atoms with Crippen molar-refractivity contribution in [3.8, 4) is 22.3 Å². The zero-order valence-electron chi connectivity index (χ0n) is 18.0. The molecule has 0 unspecified atom stereocenters. The van der Waals surface area contributed by atoms with Gasteiger partial charge in [0.2, 0.25) is 0 Å². The first kappa shape index (κ1) is 18.2. The predicted molar refractivity (Wildman–Crippen MR) is 140 cm³/mol. The first-order valence-electron chi connectivity index (χ1n) is 11.3. The molecule has 154 valence electrons. The molecular weight excluding hydrogens is 400 g/mol. The molecule has 0 atom stereocenters. The molecule has 7 aromatic rings. The molecule has 0 bridgehead atoms. The molecule has 1 heteroatoms. The Hall–Kier alpha value is -4.36. The molecule has 0 amide bonds. The largest absolute Gasteiger partial charge is 0.463 e. The molecule has 0 saturated carbocycles. The van der Waals surface area contributed by atoms with Crippen molar-refractivity contribution >= 4 is 43.3 Å². The number of benzene rings is 6. The lowest BCUT2D eigenvalue weighted by molar-refractivity contribution is 0.620. The van der Waals surface area contributed by atoms with Crippen LogP contribution in [0.4, 0.5) is 0 Å². The van der Waals surface area contributed by atoms with Crippen LogP contribution in [0.5, 0.6) is 0 Å². The van der Waals surface area contributed by atoms with Gasteiger partial charge in [0, 0.05) is 21.9 Å². The lowest BCUT2D eigenvalue weighted by Crippen LogP contribution is -1.90. The van der Waals surface area contributed by atoms with E-state index in [1.54, 1.807) is 0 Å². The van der Waals surface area contributed by atoms with Crippen molar-refractivity contribution in [1.29, 1.82) is 0 Å². The first-order chi connectivity index (χ1) is 16.4. The van der Waals surface area contributed by atoms with Gasteiger partial charge in [-0.3, -0.25) is 0 Å². The molecule has 33 heavy (non-hydrogen) atoms. The summed E-state index contributed by atoms with van der Waals surface area (Å²) in [5.74, 6) is 0. The van der Waals surface area contributed by atoms with Crippen molar-refractivity contribution in [2.75, 3.05) is 0 Å². The highest BCUT2D eigenvalue weighted by atomic mass is 16.3. The lowest BCUT2D eigenvalue weighted by atomic mass is 9.86. The van der Waals surface area contributed by atoms with E-state index in [-0.39, 0.29) is 0 Å². The molecule has 7 rings (SSSR count). The average Bonchev–Trinajstić information content (AvgIpc) is 3.32. The predicted octanol–water partition coefficient (Wildman–Crippen LogP) is 9.23. The Morgan fingerprint density at radius 3 is 1.61 bits per heavy atom. The summed E-state index contributed by atoms with van der Waals surface area (Å²) in [6.07, 6.45) is 1.94. The summed E-state index contributed by atoms with van der Waals surface area (Å²) in [6, 6.07) is 41.0. The maximum absolute atomic E-state index is 6.23. The number of hydrogen-bond donors (Lipinski definition) is 0. The molecule has 1 aromatic heterocycles. The number of furan rings is 1. The van der Waals surface area contributed by atoms with E-state index in [1.165, 1.54) is 43.6 Å². The molecule has 0 N–H and O–H groups in total. The van der Waals surface area contributed by atoms with Crippen LogP contribution in [-0.2, 0) is 0 Å². The summed E-state index contributed by atoms with van der Waals surface area (Å²) in [5.41, 5.74) is 5.84. The van der Waals surface area contributed by atoms with Crippen LogP contribution >= 0.6 is 0 Å². The summed E-state index contributed by atoms with van der Waals surface area (Å²) in [7, 11) is 0. The third-order valence-electron chi connectivity index (χ3n) is 6.73. The molecule has 1 heterocycles. The number of fused-ring (bicyclic) bond motifs is 5. The van der Waals surface area contributed by atoms with Gasteiger partial charge in [0.15, 0.2) is 0 Å². The molecule has 0 aliphatic carbocycles. The van der Waals surface area contributed by atoms with Crippen molar-refractivity contribution in [1.82, 2.24) is 0 Å². The van der Waals surface area contributed by atoms with E-state index in [1.807, 2.05) is 6.26 Å². The standard InChI is InChI=1S/C32H20O/c1-2-11-22(12-3-1)30-24-14-6-8-16-26(24)31(27-17-9-7-15-25(27)30)29-20-33-32-23-13-5-4-10-21(23)18-19-28(29)32/h1-20H. The van der Waals surface area contributed by atoms with Gasteiger partial charge in [-0.25, -0.2) is 0 Å². The fourth-order valence-electron chi connectivity index (χ4n) is 5.29. The van der Waals surface area contributed by atoms with Crippen LogP contribution < -0.4 is 0 Å². The van der Waals surface area contributed by atoms with E-state index in [9.17, 15) is 0 Å². The second kappa shape index (κ2) is 7.08. The molecule has 0 saturated heterocycles. The van der Waals surface area contributed by atoms with Crippen LogP contribution in [0.1, 0.15) is 0 Å². The van der Waals surface area contributed by atoms with Crippen molar-refractivity contribution in [2.24, 2.45) is 0 Å². The molecular formula is C32H20O. The maximum Gasteiger partial charge on any atom is 0.142 e. The van der Waals surface area contributed by atoms with Crippen molar-refractivity contribution in [3.05, 3.63) is 122 Å². The Kier molecular flexibility index (Phi) is 3.91. The van der Waals surface area contributed by atoms with Crippen LogP contribution in [0.15, 0.2) is 126 Å². The fraction of sp³-hybridized carbons (Fsp3) is 0. The van der Waals surface area contributed by atoms with Gasteiger partial charge in [-0.2, -0.15) is 0 Å². The molecule has 0 aliphatic heterocycles. The molecule has 0 fully saturated rings. The molecule has 0 spiro atoms. The third-order valence-corrected chi connectivity index (χ3v) is 6.73. The molecule has 1 nitrogen and oxygen atoms in total. The minimum Gasteiger partial charge on any atom is -0.463 e. The minimum atomic E-state index is 0.948. The van der Waals surface area contributed by atoms with Gasteiger partial charge in [-0.05, 0) is 44.1 Å². The van der Waals surface area contributed by atoms with Gasteiger partial charge in [0.05, 0.1) is 6.26 Å². The van der Waals surface area contributed by atoms with Gasteiger partial charge in [0.1, 0.15) is 5.58 Å². The van der Waals surface area contributed by atoms with E-state index < -0.39 is 0 Å². The van der Waals surface area contributed by atoms with E-state index in [0.29, 0.717) is 0 Å². The Labute approximate surface area is 191 Å². The van der Waals surface area contributed by atoms with E-state index in [0.717, 1.165) is 21.9 Å². The average molecular weight is 421 g/mol. The Morgan fingerprint density at radius 1 is 0.394 bits per heavy atom. The summed E-state index contributed by atoms with van der Waals surface area (Å²) >= 11 is 0. The Balaban J connectivity index is 1.66. The van der Waals surface area contributed by atoms with Gasteiger partial charge < -0.3 is 4.42 Å². The second-order valence-electron chi connectivity index (χ2n) is 8.52. The van der Waals surface area contributed by atoms with Crippen molar-refractivity contribution < 1.29 is 4.42 Å². The van der Waals surface area contributed by atoms with Gasteiger partial charge >= 0.3 is 0 Å². The molecule has 0 radical (unpaired) electrons. The van der Waals surface area contributed by atoms with Crippen LogP contribution in [0, 0.1) is 0 Å². The Bertz CT molecular complexity index is 1750. The Morgan fingerprint density at radius 2 is 0.939 bits per heavy atom. The summed E-state index contributed by atoms with van der Waals surface area (Å²) in [5, 5.41) is 8.49. The van der Waals surface area contributed by atoms with Crippen LogP contribution in [0.3, 0.4) is 0 Å². The van der Waals surface area contributed by atoms with E-state index in [4.69, 9.17) is 4.42 Å². The quantitative estimate of drug-likeness (QED) is 0.254. The number of rotatable bonds is 2. The zero-order valence-corrected chi connectivity index (χ0v) is 18.0. The summed E-state index contributed by atoms with van der Waals surface area (Å²) in [6.45, 7) is 0. The van der Waals surface area contributed by atoms with Crippen molar-refractivity contribution in [3.63, 3.8) is 0 Å². The maximum atomic E-state index is 6.23. The fourth-order valence-corrected chi connectivity index (χ4v) is 5.29. The zero-order chi connectivity index (χ0) is 21.8. The summed E-state index contributed by atoms with van der Waals surface area (Å²) < 4.78 is 6.23. The monoisotopic (exact) mass is 420 g/mol. The topological polar surface area (TPSA) is 13.1 Å². The third kappa shape index (κ3) is 2.66. The summed E-state index contributed by atoms with van der Waals surface area (Å²) in [4.78, 5) is 0. The normalized spacial score (nSPS) is 11.6. The molecule has 0 aliphatic rings. The van der Waals surface area contributed by atoms with Gasteiger partial charge in [0.25, 0.3) is 0 Å². The van der Waals surface area contributed by atoms with Gasteiger partial charge in [-0.1, -0.05) is 109 Å². The first-order valence-corrected chi connectivity index (χ1v) is 11.3. The smallest absolute Gasteiger partial charge is 0.142 e. The highest BCUT2D eigenvalue weighted by molar-refractivity contribution is 6.24. The van der Waals surface area contributed by atoms with Crippen LogP contribution in [-0.4, -0.2) is 0 Å². The van der Waals surface area contributed by atoms with Crippen LogP contribution in [0.2, 0.25) is 0 Å².